The zero-order valence-corrected chi connectivity index (χ0v) is 9.17. The molecule has 82 valence electrons. The monoisotopic (exact) mass is 229 g/mol. The number of hydrogen-bond acceptors (Lipinski definition) is 4. The first-order chi connectivity index (χ1) is 6.91. The summed E-state index contributed by atoms with van der Waals surface area (Å²) in [7, 11) is 3.47. The van der Waals surface area contributed by atoms with Crippen LogP contribution in [0.5, 0.6) is 0 Å². The van der Waals surface area contributed by atoms with Gasteiger partial charge < -0.3 is 16.3 Å². The highest BCUT2D eigenvalue weighted by Crippen LogP contribution is 2.29. The molecule has 0 bridgehead atoms. The standard InChI is InChI=1S/C9H12ClN3O2/c1-13(2)12-8-6(9(14)15)3-5(11)4-7(8)10/h3-4,12H,11H2,1-2H3,(H,14,15). The zero-order chi connectivity index (χ0) is 11.6. The number of carbonyl (C=O) groups is 1. The van der Waals surface area contributed by atoms with Crippen LogP contribution in [0.25, 0.3) is 0 Å². The Kier molecular flexibility index (Phi) is 3.39. The molecular formula is C9H12ClN3O2. The van der Waals surface area contributed by atoms with Crippen molar-refractivity contribution in [3.05, 3.63) is 22.7 Å². The highest BCUT2D eigenvalue weighted by Gasteiger charge is 2.14. The minimum Gasteiger partial charge on any atom is -0.478 e. The van der Waals surface area contributed by atoms with E-state index < -0.39 is 5.97 Å². The molecule has 5 nitrogen and oxygen atoms in total. The van der Waals surface area contributed by atoms with Gasteiger partial charge in [0.15, 0.2) is 0 Å². The van der Waals surface area contributed by atoms with E-state index in [1.165, 1.54) is 12.1 Å². The highest BCUT2D eigenvalue weighted by molar-refractivity contribution is 6.34. The van der Waals surface area contributed by atoms with Gasteiger partial charge in [0.2, 0.25) is 0 Å². The number of carboxylic acids is 1. The quantitative estimate of drug-likeness (QED) is 0.541. The van der Waals surface area contributed by atoms with E-state index >= 15 is 0 Å². The maximum Gasteiger partial charge on any atom is 0.337 e. The molecular weight excluding hydrogens is 218 g/mol. The van der Waals surface area contributed by atoms with Crippen LogP contribution in [0.15, 0.2) is 12.1 Å². The minimum atomic E-state index is -1.08. The normalized spacial score (nSPS) is 10.4. The van der Waals surface area contributed by atoms with Gasteiger partial charge in [0.05, 0.1) is 16.3 Å². The van der Waals surface area contributed by atoms with Crippen LogP contribution in [0.3, 0.4) is 0 Å². The molecule has 6 heteroatoms. The molecule has 0 unspecified atom stereocenters. The summed E-state index contributed by atoms with van der Waals surface area (Å²) in [5.74, 6) is -1.08. The van der Waals surface area contributed by atoms with E-state index in [4.69, 9.17) is 22.4 Å². The van der Waals surface area contributed by atoms with Gasteiger partial charge in [0.1, 0.15) is 0 Å². The van der Waals surface area contributed by atoms with Gasteiger partial charge in [0, 0.05) is 19.8 Å². The summed E-state index contributed by atoms with van der Waals surface area (Å²) in [5.41, 5.74) is 9.03. The minimum absolute atomic E-state index is 0.0497. The number of nitrogens with one attached hydrogen (secondary N) is 1. The SMILES string of the molecule is CN(C)Nc1c(Cl)cc(N)cc1C(=O)O. The third-order valence-electron chi connectivity index (χ3n) is 1.68. The lowest BCUT2D eigenvalue weighted by Crippen LogP contribution is -2.21. The average Bonchev–Trinajstić information content (AvgIpc) is 2.08. The Morgan fingerprint density at radius 3 is 2.60 bits per heavy atom. The largest absolute Gasteiger partial charge is 0.478 e. The van der Waals surface area contributed by atoms with Gasteiger partial charge in [-0.15, -0.1) is 0 Å². The number of halogens is 1. The molecule has 0 fully saturated rings. The predicted octanol–water partition coefficient (Wildman–Crippen LogP) is 1.51. The van der Waals surface area contributed by atoms with Crippen molar-refractivity contribution in [1.29, 1.82) is 0 Å². The molecule has 0 heterocycles. The van der Waals surface area contributed by atoms with E-state index in [9.17, 15) is 4.79 Å². The zero-order valence-electron chi connectivity index (χ0n) is 8.41. The summed E-state index contributed by atoms with van der Waals surface area (Å²) in [6, 6.07) is 2.86. The molecule has 1 aromatic carbocycles. The van der Waals surface area contributed by atoms with Gasteiger partial charge in [-0.25, -0.2) is 9.80 Å². The number of benzene rings is 1. The molecule has 1 rings (SSSR count). The van der Waals surface area contributed by atoms with Crippen LogP contribution in [0, 0.1) is 0 Å². The maximum atomic E-state index is 10.9. The first-order valence-electron chi connectivity index (χ1n) is 4.18. The van der Waals surface area contributed by atoms with Crippen molar-refractivity contribution in [1.82, 2.24) is 5.01 Å². The van der Waals surface area contributed by atoms with Crippen molar-refractivity contribution in [3.8, 4) is 0 Å². The first kappa shape index (κ1) is 11.6. The topological polar surface area (TPSA) is 78.6 Å². The van der Waals surface area contributed by atoms with Gasteiger partial charge in [-0.1, -0.05) is 11.6 Å². The van der Waals surface area contributed by atoms with Crippen molar-refractivity contribution in [2.75, 3.05) is 25.3 Å². The summed E-state index contributed by atoms with van der Waals surface area (Å²) in [6.07, 6.45) is 0. The number of rotatable bonds is 3. The fourth-order valence-electron chi connectivity index (χ4n) is 1.13. The van der Waals surface area contributed by atoms with E-state index in [-0.39, 0.29) is 10.6 Å². The Morgan fingerprint density at radius 2 is 2.13 bits per heavy atom. The van der Waals surface area contributed by atoms with E-state index in [0.717, 1.165) is 0 Å². The maximum absolute atomic E-state index is 10.9. The number of hydrazine groups is 1. The van der Waals surface area contributed by atoms with E-state index in [1.807, 2.05) is 0 Å². The molecule has 0 radical (unpaired) electrons. The van der Waals surface area contributed by atoms with Crippen molar-refractivity contribution in [2.24, 2.45) is 0 Å². The smallest absolute Gasteiger partial charge is 0.337 e. The second-order valence-corrected chi connectivity index (χ2v) is 3.64. The fourth-order valence-corrected chi connectivity index (χ4v) is 1.40. The first-order valence-corrected chi connectivity index (χ1v) is 4.56. The van der Waals surface area contributed by atoms with Crippen LogP contribution < -0.4 is 11.2 Å². The second kappa shape index (κ2) is 4.37. The van der Waals surface area contributed by atoms with Crippen LogP contribution in [0.1, 0.15) is 10.4 Å². The van der Waals surface area contributed by atoms with Crippen LogP contribution in [-0.4, -0.2) is 30.2 Å². The van der Waals surface area contributed by atoms with Crippen LogP contribution >= 0.6 is 11.6 Å². The lowest BCUT2D eigenvalue weighted by atomic mass is 10.1. The third-order valence-corrected chi connectivity index (χ3v) is 1.98. The number of hydrogen-bond donors (Lipinski definition) is 3. The van der Waals surface area contributed by atoms with E-state index in [0.29, 0.717) is 11.4 Å². The van der Waals surface area contributed by atoms with Crippen molar-refractivity contribution in [3.63, 3.8) is 0 Å². The summed E-state index contributed by atoms with van der Waals surface area (Å²) >= 11 is 5.89. The van der Waals surface area contributed by atoms with Gasteiger partial charge in [-0.3, -0.25) is 0 Å². The van der Waals surface area contributed by atoms with Crippen LogP contribution in [-0.2, 0) is 0 Å². The van der Waals surface area contributed by atoms with Crippen LogP contribution in [0.2, 0.25) is 5.02 Å². The lowest BCUT2D eigenvalue weighted by Gasteiger charge is -2.17. The number of anilines is 2. The van der Waals surface area contributed by atoms with Crippen molar-refractivity contribution >= 4 is 28.9 Å². The molecule has 4 N–H and O–H groups in total. The van der Waals surface area contributed by atoms with Crippen molar-refractivity contribution < 1.29 is 9.90 Å². The van der Waals surface area contributed by atoms with Crippen molar-refractivity contribution in [2.45, 2.75) is 0 Å². The third kappa shape index (κ3) is 2.74. The number of nitrogens with two attached hydrogens (primary N) is 1. The molecule has 0 aliphatic heterocycles. The molecule has 0 aromatic heterocycles. The van der Waals surface area contributed by atoms with Gasteiger partial charge in [-0.05, 0) is 12.1 Å². The Morgan fingerprint density at radius 1 is 1.53 bits per heavy atom. The lowest BCUT2D eigenvalue weighted by molar-refractivity contribution is 0.0697. The van der Waals surface area contributed by atoms with E-state index in [2.05, 4.69) is 5.43 Å². The van der Waals surface area contributed by atoms with Crippen LogP contribution in [0.4, 0.5) is 11.4 Å². The molecule has 0 saturated carbocycles. The second-order valence-electron chi connectivity index (χ2n) is 3.24. The molecule has 0 saturated heterocycles. The summed E-state index contributed by atoms with van der Waals surface area (Å²) in [5, 5.41) is 10.8. The number of nitrogens with zero attached hydrogens (tertiary/aromatic N) is 1. The Balaban J connectivity index is 3.27. The highest BCUT2D eigenvalue weighted by atomic mass is 35.5. The summed E-state index contributed by atoms with van der Waals surface area (Å²) < 4.78 is 0. The number of aromatic carboxylic acids is 1. The van der Waals surface area contributed by atoms with E-state index in [1.54, 1.807) is 19.1 Å². The molecule has 0 aliphatic carbocycles. The molecule has 0 atom stereocenters. The number of carboxylic acid groups (broad SMARTS) is 1. The molecule has 1 aromatic rings. The summed E-state index contributed by atoms with van der Waals surface area (Å²) in [4.78, 5) is 10.9. The molecule has 15 heavy (non-hydrogen) atoms. The van der Waals surface area contributed by atoms with Gasteiger partial charge >= 0.3 is 5.97 Å². The van der Waals surface area contributed by atoms with Gasteiger partial charge in [0.25, 0.3) is 0 Å². The molecule has 0 amide bonds. The Bertz CT molecular complexity index is 393. The molecule has 0 spiro atoms. The Hall–Kier alpha value is -1.46. The fraction of sp³-hybridized carbons (Fsp3) is 0.222. The summed E-state index contributed by atoms with van der Waals surface area (Å²) in [6.45, 7) is 0. The average molecular weight is 230 g/mol. The van der Waals surface area contributed by atoms with Gasteiger partial charge in [-0.2, -0.15) is 0 Å². The number of nitrogen functional groups attached to an aromatic ring is 1. The molecule has 0 aliphatic rings. The Labute approximate surface area is 92.4 Å². The predicted molar refractivity (Wildman–Crippen MR) is 60.1 cm³/mol.